The Labute approximate surface area is 284 Å². The smallest absolute Gasteiger partial charge is 0.266 e. The van der Waals surface area contributed by atoms with Crippen molar-refractivity contribution in [3.8, 4) is 28.3 Å². The molecule has 1 aliphatic carbocycles. The number of aryl methyl sites for hydroxylation is 1. The van der Waals surface area contributed by atoms with E-state index in [4.69, 9.17) is 9.88 Å². The number of benzene rings is 5. The normalized spacial score (nSPS) is 16.0. The van der Waals surface area contributed by atoms with E-state index >= 15 is 0 Å². The van der Waals surface area contributed by atoms with Crippen LogP contribution in [0.2, 0.25) is 0 Å². The fourth-order valence-corrected chi connectivity index (χ4v) is 8.68. The molecule has 0 bridgehead atoms. The van der Waals surface area contributed by atoms with Crippen LogP contribution >= 0.6 is 0 Å². The second-order valence-electron chi connectivity index (χ2n) is 13.2. The van der Waals surface area contributed by atoms with Crippen molar-refractivity contribution in [2.45, 2.75) is 31.1 Å². The number of nitrogens with two attached hydrogens (primary N) is 1. The predicted molar refractivity (Wildman–Crippen MR) is 190 cm³/mol. The first-order chi connectivity index (χ1) is 23.8. The van der Waals surface area contributed by atoms with Crippen LogP contribution in [0.5, 0.6) is 11.5 Å². The van der Waals surface area contributed by atoms with Crippen molar-refractivity contribution in [3.05, 3.63) is 159 Å². The van der Waals surface area contributed by atoms with Gasteiger partial charge in [0.25, 0.3) is 22.2 Å². The molecule has 246 valence electrons. The van der Waals surface area contributed by atoms with E-state index < -0.39 is 37.7 Å². The molecule has 11 heteroatoms. The molecule has 10 nitrogen and oxygen atoms in total. The summed E-state index contributed by atoms with van der Waals surface area (Å²) in [5.41, 5.74) is 4.14. The number of ether oxygens (including phenoxy) is 1. The number of aromatic nitrogens is 2. The molecular formula is C39H27N3O7S. The van der Waals surface area contributed by atoms with E-state index in [2.05, 4.69) is 0 Å². The van der Waals surface area contributed by atoms with Gasteiger partial charge in [0, 0.05) is 23.7 Å². The topological polar surface area (TPSA) is 148 Å². The highest BCUT2D eigenvalue weighted by Crippen LogP contribution is 2.63. The molecule has 1 aliphatic heterocycles. The molecule has 3 heterocycles. The highest BCUT2D eigenvalue weighted by molar-refractivity contribution is 7.89. The molecule has 0 radical (unpaired) electrons. The number of rotatable bonds is 2. The molecule has 1 spiro atoms. The van der Waals surface area contributed by atoms with E-state index in [-0.39, 0.29) is 32.1 Å². The van der Waals surface area contributed by atoms with Gasteiger partial charge in [0.15, 0.2) is 0 Å². The van der Waals surface area contributed by atoms with Gasteiger partial charge in [-0.15, -0.1) is 0 Å². The number of sulfonamides is 1. The van der Waals surface area contributed by atoms with Crippen LogP contribution in [0.25, 0.3) is 38.4 Å². The van der Waals surface area contributed by atoms with Crippen molar-refractivity contribution in [2.75, 3.05) is 0 Å². The van der Waals surface area contributed by atoms with Crippen molar-refractivity contribution in [1.82, 2.24) is 9.13 Å². The van der Waals surface area contributed by atoms with Crippen molar-refractivity contribution >= 4 is 31.6 Å². The monoisotopic (exact) mass is 681 g/mol. The molecule has 2 aliphatic rings. The summed E-state index contributed by atoms with van der Waals surface area (Å²) in [5, 5.41) is 5.89. The van der Waals surface area contributed by atoms with Crippen LogP contribution in [0.3, 0.4) is 0 Å². The van der Waals surface area contributed by atoms with Gasteiger partial charge in [0.2, 0.25) is 10.0 Å². The second kappa shape index (κ2) is 9.62. The first-order valence-corrected chi connectivity index (χ1v) is 17.4. The minimum Gasteiger partial charge on any atom is -0.456 e. The molecule has 0 fully saturated rings. The van der Waals surface area contributed by atoms with Gasteiger partial charge in [0.05, 0.1) is 37.5 Å². The first kappa shape index (κ1) is 30.2. The first-order valence-electron chi connectivity index (χ1n) is 15.9. The summed E-state index contributed by atoms with van der Waals surface area (Å²) in [5.74, 6) is 1.000. The Kier molecular flexibility index (Phi) is 5.80. The Morgan fingerprint density at radius 2 is 1.18 bits per heavy atom. The van der Waals surface area contributed by atoms with Crippen molar-refractivity contribution < 1.29 is 13.2 Å². The summed E-state index contributed by atoms with van der Waals surface area (Å²) in [7, 11) is -2.72. The lowest BCUT2D eigenvalue weighted by Crippen LogP contribution is -2.34. The fourth-order valence-electron chi connectivity index (χ4n) is 8.14. The van der Waals surface area contributed by atoms with Gasteiger partial charge in [-0.3, -0.25) is 23.7 Å². The highest BCUT2D eigenvalue weighted by atomic mass is 32.2. The Morgan fingerprint density at radius 3 is 1.82 bits per heavy atom. The van der Waals surface area contributed by atoms with Crippen LogP contribution in [-0.2, 0) is 22.5 Å². The van der Waals surface area contributed by atoms with Gasteiger partial charge in [-0.2, -0.15) is 0 Å². The standard InChI is InChI=1S/C39H27N3O7S/c1-18-9-12-29-33(19(18)2)49-34-20(3)32(42-37(45)26-16-24-25(17-27(26)38(42)46)36(44)41(4)35(24)43)14-13-30(34)39(29)28-8-6-5-7-22(28)23-11-10-21(15-31(23)39)50(40,47)48/h5-17H,1-4H3,(H2,40,47,48). The van der Waals surface area contributed by atoms with Crippen molar-refractivity contribution in [3.63, 3.8) is 0 Å². The van der Waals surface area contributed by atoms with Crippen LogP contribution in [0.15, 0.2) is 103 Å². The minimum absolute atomic E-state index is 0.0312. The van der Waals surface area contributed by atoms with Gasteiger partial charge in [0.1, 0.15) is 11.5 Å². The summed E-state index contributed by atoms with van der Waals surface area (Å²) in [6.45, 7) is 5.70. The zero-order valence-corrected chi connectivity index (χ0v) is 28.1. The van der Waals surface area contributed by atoms with E-state index in [1.807, 2.05) is 56.3 Å². The number of primary sulfonamides is 1. The number of nitrogens with zero attached hydrogens (tertiary/aromatic N) is 2. The maximum absolute atomic E-state index is 14.0. The maximum atomic E-state index is 14.0. The third kappa shape index (κ3) is 3.52. The molecule has 5 aromatic carbocycles. The fraction of sp³-hybridized carbons (Fsp3) is 0.128. The van der Waals surface area contributed by atoms with Crippen LogP contribution < -0.4 is 32.1 Å². The zero-order chi connectivity index (χ0) is 35.2. The van der Waals surface area contributed by atoms with Crippen LogP contribution in [0.1, 0.15) is 38.9 Å². The molecule has 50 heavy (non-hydrogen) atoms. The second-order valence-corrected chi connectivity index (χ2v) is 14.7. The number of hydrogen-bond acceptors (Lipinski definition) is 7. The van der Waals surface area contributed by atoms with Gasteiger partial charge in [-0.1, -0.05) is 48.5 Å². The third-order valence-electron chi connectivity index (χ3n) is 10.7. The lowest BCUT2D eigenvalue weighted by atomic mass is 9.65. The van der Waals surface area contributed by atoms with Crippen LogP contribution in [-0.4, -0.2) is 17.6 Å². The average molecular weight is 682 g/mol. The lowest BCUT2D eigenvalue weighted by Gasteiger charge is -2.41. The summed E-state index contributed by atoms with van der Waals surface area (Å²) in [6, 6.07) is 23.0. The van der Waals surface area contributed by atoms with E-state index in [1.165, 1.54) is 25.2 Å². The average Bonchev–Trinajstić information content (AvgIpc) is 3.61. The Morgan fingerprint density at radius 1 is 0.620 bits per heavy atom. The molecule has 0 saturated heterocycles. The van der Waals surface area contributed by atoms with Crippen LogP contribution in [0.4, 0.5) is 0 Å². The lowest BCUT2D eigenvalue weighted by molar-refractivity contribution is 0.428. The zero-order valence-electron chi connectivity index (χ0n) is 27.2. The molecular weight excluding hydrogens is 655 g/mol. The van der Waals surface area contributed by atoms with Crippen LogP contribution in [0, 0.1) is 20.8 Å². The maximum Gasteiger partial charge on any atom is 0.266 e. The summed E-state index contributed by atoms with van der Waals surface area (Å²) < 4.78 is 34.3. The third-order valence-corrected chi connectivity index (χ3v) is 11.7. The van der Waals surface area contributed by atoms with E-state index in [0.29, 0.717) is 28.2 Å². The Bertz CT molecular complexity index is 2990. The minimum atomic E-state index is -4.07. The van der Waals surface area contributed by atoms with E-state index in [0.717, 1.165) is 42.5 Å². The SMILES string of the molecule is Cc1ccc2c(c1C)Oc1c(ccc(-n3c(=O)c4cc5c(=O)n(C)c(=O)c5cc4c3=O)c1C)C21c2ccccc2-c2ccc(S(N)(=O)=O)cc21. The summed E-state index contributed by atoms with van der Waals surface area (Å²) in [6.07, 6.45) is 0. The molecule has 1 unspecified atom stereocenters. The highest BCUT2D eigenvalue weighted by Gasteiger charge is 2.52. The van der Waals surface area contributed by atoms with Gasteiger partial charge < -0.3 is 4.74 Å². The summed E-state index contributed by atoms with van der Waals surface area (Å²) in [4.78, 5) is 53.4. The van der Waals surface area contributed by atoms with Gasteiger partial charge in [-0.05, 0) is 84.5 Å². The van der Waals surface area contributed by atoms with Crippen molar-refractivity contribution in [2.24, 2.45) is 12.2 Å². The van der Waals surface area contributed by atoms with E-state index in [9.17, 15) is 27.6 Å². The number of fused-ring (bicyclic) bond motifs is 11. The van der Waals surface area contributed by atoms with Gasteiger partial charge in [-0.25, -0.2) is 18.1 Å². The predicted octanol–water partition coefficient (Wildman–Crippen LogP) is 4.48. The molecule has 0 amide bonds. The molecule has 7 aromatic rings. The largest absolute Gasteiger partial charge is 0.456 e. The Balaban J connectivity index is 1.39. The van der Waals surface area contributed by atoms with Crippen molar-refractivity contribution in [1.29, 1.82) is 0 Å². The number of hydrogen-bond donors (Lipinski definition) is 1. The van der Waals surface area contributed by atoms with E-state index in [1.54, 1.807) is 25.1 Å². The summed E-state index contributed by atoms with van der Waals surface area (Å²) >= 11 is 0. The van der Waals surface area contributed by atoms with Gasteiger partial charge >= 0.3 is 0 Å². The Hall–Kier alpha value is -5.91. The molecule has 2 N–H and O–H groups in total. The molecule has 1 atom stereocenters. The molecule has 0 saturated carbocycles. The quantitative estimate of drug-likeness (QED) is 0.283. The molecule has 9 rings (SSSR count). The molecule has 2 aromatic heterocycles.